The van der Waals surface area contributed by atoms with Crippen LogP contribution >= 0.6 is 0 Å². The summed E-state index contributed by atoms with van der Waals surface area (Å²) in [6.45, 7) is 2.17. The van der Waals surface area contributed by atoms with Gasteiger partial charge in [0.1, 0.15) is 17.9 Å². The Bertz CT molecular complexity index is 1010. The molecule has 0 radical (unpaired) electrons. The molecular weight excluding hydrogens is 388 g/mol. The highest BCUT2D eigenvalue weighted by Gasteiger charge is 2.26. The number of hydrogen-bond acceptors (Lipinski definition) is 5. The van der Waals surface area contributed by atoms with Gasteiger partial charge in [-0.25, -0.2) is 9.97 Å². The standard InChI is InChI=1S/C25H28N4O2/c1-31-23-12-6-5-10-20(23)13-14-26-25(30)21-11-7-15-29(17-21)24-16-22(27-18-28-24)19-8-3-2-4-9-19/h2-6,8-10,12,16,18,21H,7,11,13-15,17H2,1H3,(H,26,30). The molecule has 1 aliphatic heterocycles. The molecule has 6 heteroatoms. The second-order valence-electron chi connectivity index (χ2n) is 7.77. The van der Waals surface area contributed by atoms with E-state index in [4.69, 9.17) is 4.74 Å². The first-order valence-corrected chi connectivity index (χ1v) is 10.8. The smallest absolute Gasteiger partial charge is 0.224 e. The zero-order valence-electron chi connectivity index (χ0n) is 17.8. The molecule has 2 heterocycles. The number of nitrogens with one attached hydrogen (secondary N) is 1. The number of carbonyl (C=O) groups is 1. The van der Waals surface area contributed by atoms with Crippen LogP contribution in [-0.2, 0) is 11.2 Å². The van der Waals surface area contributed by atoms with E-state index >= 15 is 0 Å². The quantitative estimate of drug-likeness (QED) is 0.636. The number of para-hydroxylation sites is 1. The Balaban J connectivity index is 1.35. The molecule has 1 aliphatic rings. The monoisotopic (exact) mass is 416 g/mol. The first-order chi connectivity index (χ1) is 15.2. The van der Waals surface area contributed by atoms with Crippen molar-refractivity contribution in [2.24, 2.45) is 5.92 Å². The van der Waals surface area contributed by atoms with Gasteiger partial charge in [0.15, 0.2) is 0 Å². The number of nitrogens with zero attached hydrogens (tertiary/aromatic N) is 3. The van der Waals surface area contributed by atoms with Crippen molar-refractivity contribution in [2.75, 3.05) is 31.6 Å². The molecule has 1 aromatic heterocycles. The number of anilines is 1. The third-order valence-corrected chi connectivity index (χ3v) is 5.72. The summed E-state index contributed by atoms with van der Waals surface area (Å²) in [7, 11) is 1.67. The van der Waals surface area contributed by atoms with Crippen LogP contribution in [0.3, 0.4) is 0 Å². The first-order valence-electron chi connectivity index (χ1n) is 10.8. The molecule has 1 fully saturated rings. The topological polar surface area (TPSA) is 67.3 Å². The Morgan fingerprint density at radius 2 is 1.94 bits per heavy atom. The van der Waals surface area contributed by atoms with E-state index in [9.17, 15) is 4.79 Å². The summed E-state index contributed by atoms with van der Waals surface area (Å²) in [6, 6.07) is 20.0. The number of methoxy groups -OCH3 is 1. The summed E-state index contributed by atoms with van der Waals surface area (Å²) >= 11 is 0. The maximum atomic E-state index is 12.8. The van der Waals surface area contributed by atoms with E-state index < -0.39 is 0 Å². The second-order valence-corrected chi connectivity index (χ2v) is 7.77. The van der Waals surface area contributed by atoms with Crippen molar-refractivity contribution >= 4 is 11.7 Å². The third-order valence-electron chi connectivity index (χ3n) is 5.72. The molecule has 1 atom stereocenters. The van der Waals surface area contributed by atoms with Gasteiger partial charge in [0.25, 0.3) is 0 Å². The lowest BCUT2D eigenvalue weighted by Gasteiger charge is -2.33. The van der Waals surface area contributed by atoms with E-state index in [1.54, 1.807) is 13.4 Å². The molecule has 2 aromatic carbocycles. The predicted octanol–water partition coefficient (Wildman–Crippen LogP) is 3.73. The van der Waals surface area contributed by atoms with Crippen LogP contribution in [0.4, 0.5) is 5.82 Å². The molecule has 31 heavy (non-hydrogen) atoms. The van der Waals surface area contributed by atoms with Gasteiger partial charge < -0.3 is 15.0 Å². The lowest BCUT2D eigenvalue weighted by molar-refractivity contribution is -0.125. The van der Waals surface area contributed by atoms with Crippen molar-refractivity contribution in [3.63, 3.8) is 0 Å². The number of ether oxygens (including phenoxy) is 1. The van der Waals surface area contributed by atoms with Gasteiger partial charge in [-0.15, -0.1) is 0 Å². The number of hydrogen-bond donors (Lipinski definition) is 1. The molecule has 160 valence electrons. The molecule has 1 amide bonds. The van der Waals surface area contributed by atoms with Crippen LogP contribution in [0.1, 0.15) is 18.4 Å². The second kappa shape index (κ2) is 10.1. The Morgan fingerprint density at radius 3 is 2.77 bits per heavy atom. The van der Waals surface area contributed by atoms with Crippen LogP contribution in [0, 0.1) is 5.92 Å². The van der Waals surface area contributed by atoms with Crippen molar-refractivity contribution in [3.05, 3.63) is 72.6 Å². The fourth-order valence-electron chi connectivity index (χ4n) is 4.06. The number of rotatable bonds is 7. The van der Waals surface area contributed by atoms with Gasteiger partial charge in [0.05, 0.1) is 18.7 Å². The van der Waals surface area contributed by atoms with E-state index in [-0.39, 0.29) is 11.8 Å². The van der Waals surface area contributed by atoms with Gasteiger partial charge in [-0.2, -0.15) is 0 Å². The number of amides is 1. The summed E-state index contributed by atoms with van der Waals surface area (Å²) in [5.74, 6) is 1.80. The van der Waals surface area contributed by atoms with E-state index in [0.717, 1.165) is 54.2 Å². The van der Waals surface area contributed by atoms with Crippen molar-refractivity contribution in [2.45, 2.75) is 19.3 Å². The van der Waals surface area contributed by atoms with Crippen LogP contribution in [0.2, 0.25) is 0 Å². The molecule has 0 aliphatic carbocycles. The Kier molecular flexibility index (Phi) is 6.77. The van der Waals surface area contributed by atoms with E-state index in [2.05, 4.69) is 20.2 Å². The number of piperidine rings is 1. The molecular formula is C25H28N4O2. The lowest BCUT2D eigenvalue weighted by Crippen LogP contribution is -2.43. The number of carbonyl (C=O) groups excluding carboxylic acids is 1. The summed E-state index contributed by atoms with van der Waals surface area (Å²) < 4.78 is 5.39. The summed E-state index contributed by atoms with van der Waals surface area (Å²) in [5, 5.41) is 3.11. The van der Waals surface area contributed by atoms with Crippen LogP contribution < -0.4 is 15.0 Å². The SMILES string of the molecule is COc1ccccc1CCNC(=O)C1CCCN(c2cc(-c3ccccc3)ncn2)C1. The molecule has 1 unspecified atom stereocenters. The molecule has 6 nitrogen and oxygen atoms in total. The largest absolute Gasteiger partial charge is 0.496 e. The highest BCUT2D eigenvalue weighted by atomic mass is 16.5. The maximum absolute atomic E-state index is 12.8. The highest BCUT2D eigenvalue weighted by molar-refractivity contribution is 5.79. The molecule has 0 bridgehead atoms. The first kappa shape index (κ1) is 20.8. The Morgan fingerprint density at radius 1 is 1.13 bits per heavy atom. The molecule has 1 saturated heterocycles. The van der Waals surface area contributed by atoms with Crippen LogP contribution in [0.15, 0.2) is 67.0 Å². The van der Waals surface area contributed by atoms with Gasteiger partial charge in [-0.05, 0) is 30.9 Å². The van der Waals surface area contributed by atoms with Crippen molar-refractivity contribution in [1.82, 2.24) is 15.3 Å². The fraction of sp³-hybridized carbons (Fsp3) is 0.320. The zero-order chi connectivity index (χ0) is 21.5. The Hall–Kier alpha value is -3.41. The van der Waals surface area contributed by atoms with Gasteiger partial charge >= 0.3 is 0 Å². The normalized spacial score (nSPS) is 16.0. The lowest BCUT2D eigenvalue weighted by atomic mass is 9.97. The fourth-order valence-corrected chi connectivity index (χ4v) is 4.06. The van der Waals surface area contributed by atoms with Crippen LogP contribution in [0.5, 0.6) is 5.75 Å². The average Bonchev–Trinajstić information content (AvgIpc) is 2.85. The maximum Gasteiger partial charge on any atom is 0.224 e. The minimum absolute atomic E-state index is 0.0402. The minimum atomic E-state index is -0.0402. The van der Waals surface area contributed by atoms with Gasteiger partial charge in [-0.3, -0.25) is 4.79 Å². The molecule has 0 spiro atoms. The van der Waals surface area contributed by atoms with Crippen LogP contribution in [0.25, 0.3) is 11.3 Å². The van der Waals surface area contributed by atoms with Crippen molar-refractivity contribution in [1.29, 1.82) is 0 Å². The van der Waals surface area contributed by atoms with Crippen LogP contribution in [-0.4, -0.2) is 42.6 Å². The summed E-state index contributed by atoms with van der Waals surface area (Å²) in [4.78, 5) is 23.9. The van der Waals surface area contributed by atoms with Gasteiger partial charge in [0.2, 0.25) is 5.91 Å². The Labute approximate surface area is 183 Å². The molecule has 3 aromatic rings. The minimum Gasteiger partial charge on any atom is -0.496 e. The third kappa shape index (κ3) is 5.20. The zero-order valence-corrected chi connectivity index (χ0v) is 17.8. The molecule has 4 rings (SSSR count). The number of aromatic nitrogens is 2. The predicted molar refractivity (Wildman–Crippen MR) is 122 cm³/mol. The molecule has 1 N–H and O–H groups in total. The summed E-state index contributed by atoms with van der Waals surface area (Å²) in [5.41, 5.74) is 3.06. The number of benzene rings is 2. The van der Waals surface area contributed by atoms with Gasteiger partial charge in [0, 0.05) is 31.3 Å². The van der Waals surface area contributed by atoms with E-state index in [1.165, 1.54) is 0 Å². The van der Waals surface area contributed by atoms with E-state index in [0.29, 0.717) is 13.1 Å². The van der Waals surface area contributed by atoms with Crippen molar-refractivity contribution < 1.29 is 9.53 Å². The summed E-state index contributed by atoms with van der Waals surface area (Å²) in [6.07, 6.45) is 4.22. The average molecular weight is 417 g/mol. The molecule has 0 saturated carbocycles. The van der Waals surface area contributed by atoms with E-state index in [1.807, 2.05) is 60.7 Å². The van der Waals surface area contributed by atoms with Crippen molar-refractivity contribution in [3.8, 4) is 17.0 Å². The highest BCUT2D eigenvalue weighted by Crippen LogP contribution is 2.25. The van der Waals surface area contributed by atoms with Gasteiger partial charge in [-0.1, -0.05) is 48.5 Å².